The molecule has 32 heavy (non-hydrogen) atoms. The first-order valence-corrected chi connectivity index (χ1v) is 11.0. The number of hydrazine groups is 1. The highest BCUT2D eigenvalue weighted by Crippen LogP contribution is 2.32. The zero-order chi connectivity index (χ0) is 23.5. The molecule has 1 saturated carbocycles. The highest BCUT2D eigenvalue weighted by Gasteiger charge is 2.39. The number of ether oxygens (including phenoxy) is 1. The lowest BCUT2D eigenvalue weighted by atomic mass is 10.2. The number of benzene rings is 2. The summed E-state index contributed by atoms with van der Waals surface area (Å²) in [5.41, 5.74) is 4.55. The predicted octanol–water partition coefficient (Wildman–Crippen LogP) is 2.85. The highest BCUT2D eigenvalue weighted by molar-refractivity contribution is 7.89. The molecule has 1 fully saturated rings. The summed E-state index contributed by atoms with van der Waals surface area (Å²) in [5.74, 6) is -1.99. The van der Waals surface area contributed by atoms with E-state index in [1.807, 2.05) is 0 Å². The van der Waals surface area contributed by atoms with Crippen LogP contribution in [0.5, 0.6) is 5.75 Å². The van der Waals surface area contributed by atoms with E-state index in [2.05, 4.69) is 15.6 Å². The van der Waals surface area contributed by atoms with Crippen LogP contribution >= 0.6 is 11.6 Å². The summed E-state index contributed by atoms with van der Waals surface area (Å²) in [4.78, 5) is 24.0. The minimum Gasteiger partial charge on any atom is -0.406 e. The molecular formula is C19H17ClF3N3O5S. The minimum absolute atomic E-state index is 0.225. The van der Waals surface area contributed by atoms with Gasteiger partial charge in [-0.25, -0.2) is 8.42 Å². The number of nitrogens with zero attached hydrogens (tertiary/aromatic N) is 1. The van der Waals surface area contributed by atoms with Crippen LogP contribution in [0.3, 0.4) is 0 Å². The van der Waals surface area contributed by atoms with Gasteiger partial charge >= 0.3 is 6.36 Å². The summed E-state index contributed by atoms with van der Waals surface area (Å²) in [5, 5.41) is 0.425. The van der Waals surface area contributed by atoms with E-state index in [0.717, 1.165) is 28.6 Å². The van der Waals surface area contributed by atoms with Gasteiger partial charge in [-0.2, -0.15) is 4.31 Å². The Hall–Kier alpha value is -2.83. The molecule has 3 rings (SSSR count). The van der Waals surface area contributed by atoms with Crippen molar-refractivity contribution < 1.29 is 35.9 Å². The second-order valence-electron chi connectivity index (χ2n) is 6.81. The predicted molar refractivity (Wildman–Crippen MR) is 107 cm³/mol. The van der Waals surface area contributed by atoms with Gasteiger partial charge in [0, 0.05) is 16.6 Å². The molecule has 13 heteroatoms. The van der Waals surface area contributed by atoms with Crippen LogP contribution in [0, 0.1) is 0 Å². The van der Waals surface area contributed by atoms with Crippen molar-refractivity contribution in [2.45, 2.75) is 30.1 Å². The fourth-order valence-corrected chi connectivity index (χ4v) is 4.47. The lowest BCUT2D eigenvalue weighted by Crippen LogP contribution is -2.48. The van der Waals surface area contributed by atoms with Gasteiger partial charge in [0.15, 0.2) is 0 Å². The number of sulfonamides is 1. The molecule has 2 aromatic rings. The van der Waals surface area contributed by atoms with Crippen LogP contribution in [0.4, 0.5) is 13.2 Å². The van der Waals surface area contributed by atoms with E-state index in [0.29, 0.717) is 17.9 Å². The molecule has 172 valence electrons. The Labute approximate surface area is 186 Å². The van der Waals surface area contributed by atoms with Crippen molar-refractivity contribution in [1.29, 1.82) is 0 Å². The largest absolute Gasteiger partial charge is 0.573 e. The van der Waals surface area contributed by atoms with Crippen LogP contribution in [0.15, 0.2) is 53.4 Å². The molecule has 1 aliphatic rings. The molecule has 0 aliphatic heterocycles. The van der Waals surface area contributed by atoms with Crippen molar-refractivity contribution in [3.05, 3.63) is 59.1 Å². The Balaban J connectivity index is 1.64. The van der Waals surface area contributed by atoms with E-state index in [1.54, 1.807) is 0 Å². The Morgan fingerprint density at radius 2 is 1.62 bits per heavy atom. The number of carbonyl (C=O) groups excluding carboxylic acids is 2. The average molecular weight is 492 g/mol. The van der Waals surface area contributed by atoms with Crippen molar-refractivity contribution in [2.75, 3.05) is 6.54 Å². The molecule has 0 unspecified atom stereocenters. The molecule has 0 aromatic heterocycles. The number of alkyl halides is 3. The second-order valence-corrected chi connectivity index (χ2v) is 9.14. The molecule has 0 saturated heterocycles. The lowest BCUT2D eigenvalue weighted by molar-refractivity contribution is -0.274. The van der Waals surface area contributed by atoms with Crippen LogP contribution in [0.25, 0.3) is 0 Å². The third-order valence-corrected chi connectivity index (χ3v) is 6.50. The molecule has 2 amide bonds. The van der Waals surface area contributed by atoms with Gasteiger partial charge in [-0.3, -0.25) is 20.4 Å². The monoisotopic (exact) mass is 491 g/mol. The van der Waals surface area contributed by atoms with E-state index in [9.17, 15) is 31.2 Å². The molecule has 2 N–H and O–H groups in total. The molecule has 1 aliphatic carbocycles. The van der Waals surface area contributed by atoms with E-state index >= 15 is 0 Å². The van der Waals surface area contributed by atoms with Gasteiger partial charge in [0.1, 0.15) is 5.75 Å². The second kappa shape index (κ2) is 9.35. The Kier molecular flexibility index (Phi) is 6.96. The number of carbonyl (C=O) groups is 2. The van der Waals surface area contributed by atoms with E-state index in [1.165, 1.54) is 24.3 Å². The average Bonchev–Trinajstić information content (AvgIpc) is 3.55. The molecule has 0 bridgehead atoms. The summed E-state index contributed by atoms with van der Waals surface area (Å²) < 4.78 is 67.4. The van der Waals surface area contributed by atoms with Crippen molar-refractivity contribution in [3.8, 4) is 5.75 Å². The zero-order valence-corrected chi connectivity index (χ0v) is 17.8. The Morgan fingerprint density at radius 1 is 1.03 bits per heavy atom. The van der Waals surface area contributed by atoms with Crippen LogP contribution in [0.1, 0.15) is 23.2 Å². The summed E-state index contributed by atoms with van der Waals surface area (Å²) in [6.45, 7) is -0.589. The number of hydrogen-bond donors (Lipinski definition) is 2. The summed E-state index contributed by atoms with van der Waals surface area (Å²) in [6.07, 6.45) is -3.85. The number of nitrogens with one attached hydrogen (secondary N) is 2. The fraction of sp³-hybridized carbons (Fsp3) is 0.263. The van der Waals surface area contributed by atoms with Crippen molar-refractivity contribution in [1.82, 2.24) is 15.2 Å². The van der Waals surface area contributed by atoms with Gasteiger partial charge in [-0.05, 0) is 61.4 Å². The van der Waals surface area contributed by atoms with Gasteiger partial charge in [-0.1, -0.05) is 11.6 Å². The lowest BCUT2D eigenvalue weighted by Gasteiger charge is -2.21. The number of amides is 2. The number of hydrogen-bond acceptors (Lipinski definition) is 5. The third-order valence-electron chi connectivity index (χ3n) is 4.34. The molecule has 0 spiro atoms. The van der Waals surface area contributed by atoms with Gasteiger partial charge in [0.05, 0.1) is 11.4 Å². The zero-order valence-electron chi connectivity index (χ0n) is 16.2. The molecule has 0 radical (unpaired) electrons. The Bertz CT molecular complexity index is 1090. The normalized spacial score (nSPS) is 14.2. The quantitative estimate of drug-likeness (QED) is 0.579. The Morgan fingerprint density at radius 3 is 2.16 bits per heavy atom. The van der Waals surface area contributed by atoms with Gasteiger partial charge < -0.3 is 4.74 Å². The number of halogens is 4. The number of rotatable bonds is 7. The SMILES string of the molecule is O=C(CN(C1CC1)S(=O)(=O)c1ccc(OC(F)(F)F)cc1)NNC(=O)c1ccc(Cl)cc1. The molecule has 0 atom stereocenters. The molecule has 8 nitrogen and oxygen atoms in total. The summed E-state index contributed by atoms with van der Waals surface area (Å²) in [6, 6.07) is 9.11. The van der Waals surface area contributed by atoms with E-state index < -0.39 is 46.5 Å². The van der Waals surface area contributed by atoms with E-state index in [4.69, 9.17) is 11.6 Å². The van der Waals surface area contributed by atoms with E-state index in [-0.39, 0.29) is 10.5 Å². The smallest absolute Gasteiger partial charge is 0.406 e. The first-order valence-electron chi connectivity index (χ1n) is 9.18. The van der Waals surface area contributed by atoms with Gasteiger partial charge in [0.25, 0.3) is 11.8 Å². The van der Waals surface area contributed by atoms with Crippen molar-refractivity contribution >= 4 is 33.4 Å². The maximum atomic E-state index is 12.9. The van der Waals surface area contributed by atoms with Crippen molar-refractivity contribution in [2.24, 2.45) is 0 Å². The standard InChI is InChI=1S/C19H17ClF3N3O5S/c20-13-3-1-12(2-4-13)18(28)25-24-17(27)11-26(14-5-6-14)32(29,30)16-9-7-15(8-10-16)31-19(21,22)23/h1-4,7-10,14H,5-6,11H2,(H,24,27)(H,25,28). The van der Waals surface area contributed by atoms with Crippen LogP contribution in [0.2, 0.25) is 5.02 Å². The summed E-state index contributed by atoms with van der Waals surface area (Å²) in [7, 11) is -4.18. The maximum absolute atomic E-state index is 12.9. The van der Waals surface area contributed by atoms with Gasteiger partial charge in [0.2, 0.25) is 10.0 Å². The fourth-order valence-electron chi connectivity index (χ4n) is 2.70. The molecule has 2 aromatic carbocycles. The van der Waals surface area contributed by atoms with Gasteiger partial charge in [-0.15, -0.1) is 13.2 Å². The van der Waals surface area contributed by atoms with Crippen LogP contribution < -0.4 is 15.6 Å². The highest BCUT2D eigenvalue weighted by atomic mass is 35.5. The van der Waals surface area contributed by atoms with Crippen molar-refractivity contribution in [3.63, 3.8) is 0 Å². The topological polar surface area (TPSA) is 105 Å². The minimum atomic E-state index is -4.91. The summed E-state index contributed by atoms with van der Waals surface area (Å²) >= 11 is 5.75. The third kappa shape index (κ3) is 6.34. The maximum Gasteiger partial charge on any atom is 0.573 e. The first kappa shape index (κ1) is 23.8. The molecule has 0 heterocycles. The first-order chi connectivity index (χ1) is 15.0. The molecular weight excluding hydrogens is 475 g/mol. The van der Waals surface area contributed by atoms with Crippen LogP contribution in [-0.4, -0.2) is 43.5 Å². The van der Waals surface area contributed by atoms with Crippen LogP contribution in [-0.2, 0) is 14.8 Å².